The maximum atomic E-state index is 12.4. The van der Waals surface area contributed by atoms with Gasteiger partial charge in [-0.05, 0) is 35.0 Å². The third kappa shape index (κ3) is 3.87. The molecule has 0 saturated carbocycles. The highest BCUT2D eigenvalue weighted by atomic mass is 32.2. The Balaban J connectivity index is 1.77. The van der Waals surface area contributed by atoms with Crippen LogP contribution in [0.3, 0.4) is 0 Å². The highest BCUT2D eigenvalue weighted by molar-refractivity contribution is 7.89. The maximum Gasteiger partial charge on any atom is 0.241 e. The summed E-state index contributed by atoms with van der Waals surface area (Å²) in [7, 11) is -2.27. The number of hydrogen-bond acceptors (Lipinski definition) is 4. The lowest BCUT2D eigenvalue weighted by molar-refractivity contribution is 0.0996. The van der Waals surface area contributed by atoms with Crippen LogP contribution in [-0.2, 0) is 10.0 Å². The van der Waals surface area contributed by atoms with Gasteiger partial charge in [-0.25, -0.2) is 13.1 Å². The molecular formula is C19H17NO4S. The van der Waals surface area contributed by atoms with E-state index < -0.39 is 10.0 Å². The van der Waals surface area contributed by atoms with E-state index in [4.69, 9.17) is 4.74 Å². The number of methoxy groups -OCH3 is 1. The van der Waals surface area contributed by atoms with Gasteiger partial charge in [0.25, 0.3) is 0 Å². The number of carbonyl (C=O) groups is 1. The van der Waals surface area contributed by atoms with Gasteiger partial charge >= 0.3 is 0 Å². The highest BCUT2D eigenvalue weighted by Crippen LogP contribution is 2.19. The summed E-state index contributed by atoms with van der Waals surface area (Å²) < 4.78 is 32.3. The lowest BCUT2D eigenvalue weighted by Crippen LogP contribution is -2.29. The molecule has 0 spiro atoms. The van der Waals surface area contributed by atoms with E-state index in [1.807, 2.05) is 24.3 Å². The molecule has 3 aromatic rings. The van der Waals surface area contributed by atoms with E-state index in [0.717, 1.165) is 10.8 Å². The summed E-state index contributed by atoms with van der Waals surface area (Å²) in [6.45, 7) is -0.317. The quantitative estimate of drug-likeness (QED) is 0.690. The first kappa shape index (κ1) is 17.1. The maximum absolute atomic E-state index is 12.4. The Morgan fingerprint density at radius 2 is 1.72 bits per heavy atom. The van der Waals surface area contributed by atoms with Gasteiger partial charge in [0.15, 0.2) is 5.78 Å². The minimum atomic E-state index is -3.77. The van der Waals surface area contributed by atoms with Crippen molar-refractivity contribution in [2.24, 2.45) is 0 Å². The molecule has 0 heterocycles. The molecule has 0 aliphatic carbocycles. The van der Waals surface area contributed by atoms with Crippen LogP contribution in [0.2, 0.25) is 0 Å². The summed E-state index contributed by atoms with van der Waals surface area (Å²) in [6, 6.07) is 18.9. The van der Waals surface area contributed by atoms with Crippen molar-refractivity contribution in [3.63, 3.8) is 0 Å². The first-order valence-electron chi connectivity index (χ1n) is 7.65. The van der Waals surface area contributed by atoms with E-state index in [-0.39, 0.29) is 17.2 Å². The van der Waals surface area contributed by atoms with Gasteiger partial charge in [0.2, 0.25) is 10.0 Å². The van der Waals surface area contributed by atoms with Crippen LogP contribution in [0.1, 0.15) is 10.4 Å². The van der Waals surface area contributed by atoms with Crippen LogP contribution in [0.25, 0.3) is 10.8 Å². The summed E-state index contributed by atoms with van der Waals surface area (Å²) >= 11 is 0. The topological polar surface area (TPSA) is 72.5 Å². The average molecular weight is 355 g/mol. The van der Waals surface area contributed by atoms with E-state index in [1.165, 1.54) is 13.2 Å². The van der Waals surface area contributed by atoms with Gasteiger partial charge in [-0.2, -0.15) is 0 Å². The lowest BCUT2D eigenvalue weighted by atomic mass is 10.1. The molecule has 5 nitrogen and oxygen atoms in total. The van der Waals surface area contributed by atoms with Gasteiger partial charge in [-0.3, -0.25) is 4.79 Å². The van der Waals surface area contributed by atoms with Gasteiger partial charge in [0, 0.05) is 5.56 Å². The zero-order chi connectivity index (χ0) is 17.9. The van der Waals surface area contributed by atoms with Crippen molar-refractivity contribution in [3.8, 4) is 5.75 Å². The molecule has 0 aliphatic rings. The van der Waals surface area contributed by atoms with Gasteiger partial charge in [0.05, 0.1) is 18.6 Å². The summed E-state index contributed by atoms with van der Waals surface area (Å²) in [5, 5.41) is 1.78. The van der Waals surface area contributed by atoms with Crippen molar-refractivity contribution in [2.75, 3.05) is 13.7 Å². The van der Waals surface area contributed by atoms with E-state index in [9.17, 15) is 13.2 Å². The van der Waals surface area contributed by atoms with Crippen LogP contribution in [-0.4, -0.2) is 27.9 Å². The third-order valence-electron chi connectivity index (χ3n) is 3.85. The monoisotopic (exact) mass is 355 g/mol. The smallest absolute Gasteiger partial charge is 0.241 e. The van der Waals surface area contributed by atoms with Crippen molar-refractivity contribution >= 4 is 26.6 Å². The zero-order valence-electron chi connectivity index (χ0n) is 13.6. The van der Waals surface area contributed by atoms with Gasteiger partial charge < -0.3 is 4.74 Å². The number of benzene rings is 3. The first-order chi connectivity index (χ1) is 12.0. The minimum absolute atomic E-state index is 0.129. The largest absolute Gasteiger partial charge is 0.497 e. The van der Waals surface area contributed by atoms with Crippen LogP contribution < -0.4 is 9.46 Å². The second-order valence-corrected chi connectivity index (χ2v) is 7.26. The Hall–Kier alpha value is -2.70. The van der Waals surface area contributed by atoms with E-state index in [0.29, 0.717) is 11.3 Å². The zero-order valence-corrected chi connectivity index (χ0v) is 14.4. The van der Waals surface area contributed by atoms with E-state index >= 15 is 0 Å². The number of fused-ring (bicyclic) bond motifs is 1. The number of ether oxygens (including phenoxy) is 1. The number of nitrogens with one attached hydrogen (secondary N) is 1. The summed E-state index contributed by atoms with van der Waals surface area (Å²) in [6.07, 6.45) is 0. The van der Waals surface area contributed by atoms with Crippen LogP contribution in [0.4, 0.5) is 0 Å². The van der Waals surface area contributed by atoms with Crippen molar-refractivity contribution in [1.82, 2.24) is 4.72 Å². The van der Waals surface area contributed by atoms with Gasteiger partial charge in [-0.15, -0.1) is 0 Å². The predicted molar refractivity (Wildman–Crippen MR) is 96.5 cm³/mol. The van der Waals surface area contributed by atoms with Crippen LogP contribution >= 0.6 is 0 Å². The molecule has 0 fully saturated rings. The Morgan fingerprint density at radius 1 is 0.960 bits per heavy atom. The fourth-order valence-corrected chi connectivity index (χ4v) is 3.49. The van der Waals surface area contributed by atoms with Crippen molar-refractivity contribution in [1.29, 1.82) is 0 Å². The Bertz CT molecular complexity index is 1030. The number of rotatable bonds is 6. The number of Topliss-reactive ketones (excluding diaryl/α,β-unsaturated/α-hetero) is 1. The van der Waals surface area contributed by atoms with E-state index in [1.54, 1.807) is 36.4 Å². The fraction of sp³-hybridized carbons (Fsp3) is 0.105. The molecular weight excluding hydrogens is 338 g/mol. The molecule has 6 heteroatoms. The second kappa shape index (κ2) is 7.04. The molecule has 0 saturated heterocycles. The van der Waals surface area contributed by atoms with Crippen molar-refractivity contribution in [3.05, 3.63) is 72.3 Å². The number of ketones is 1. The molecule has 0 radical (unpaired) electrons. The molecule has 1 N–H and O–H groups in total. The van der Waals surface area contributed by atoms with Crippen LogP contribution in [0.15, 0.2) is 71.6 Å². The Labute approximate surface area is 146 Å². The van der Waals surface area contributed by atoms with Crippen molar-refractivity contribution in [2.45, 2.75) is 4.90 Å². The number of hydrogen-bond donors (Lipinski definition) is 1. The number of carbonyl (C=O) groups excluding carboxylic acids is 1. The Kier molecular flexibility index (Phi) is 4.83. The Morgan fingerprint density at radius 3 is 2.48 bits per heavy atom. The lowest BCUT2D eigenvalue weighted by Gasteiger charge is -2.08. The normalized spacial score (nSPS) is 11.4. The predicted octanol–water partition coefficient (Wildman–Crippen LogP) is 3.01. The van der Waals surface area contributed by atoms with Gasteiger partial charge in [-0.1, -0.05) is 42.5 Å². The first-order valence-corrected chi connectivity index (χ1v) is 9.14. The average Bonchev–Trinajstić information content (AvgIpc) is 2.65. The molecule has 128 valence electrons. The molecule has 0 unspecified atom stereocenters. The molecule has 0 bridgehead atoms. The molecule has 0 aliphatic heterocycles. The standard InChI is InChI=1S/C19H17NO4S/c1-24-17-8-4-7-16(11-17)19(21)13-20-25(22,23)18-10-9-14-5-2-3-6-15(14)12-18/h2-12,20H,13H2,1H3. The SMILES string of the molecule is COc1cccc(C(=O)CNS(=O)(=O)c2ccc3ccccc3c2)c1. The summed E-state index contributed by atoms with van der Waals surface area (Å²) in [5.41, 5.74) is 0.389. The highest BCUT2D eigenvalue weighted by Gasteiger charge is 2.17. The molecule has 0 aromatic heterocycles. The molecule has 3 rings (SSSR count). The fourth-order valence-electron chi connectivity index (χ4n) is 2.48. The third-order valence-corrected chi connectivity index (χ3v) is 5.24. The molecule has 0 amide bonds. The summed E-state index contributed by atoms with van der Waals surface area (Å²) in [4.78, 5) is 12.3. The minimum Gasteiger partial charge on any atom is -0.497 e. The number of sulfonamides is 1. The molecule has 3 aromatic carbocycles. The second-order valence-electron chi connectivity index (χ2n) is 5.49. The summed E-state index contributed by atoms with van der Waals surface area (Å²) in [5.74, 6) is 0.214. The molecule has 0 atom stereocenters. The van der Waals surface area contributed by atoms with E-state index in [2.05, 4.69) is 4.72 Å². The van der Waals surface area contributed by atoms with Crippen LogP contribution in [0.5, 0.6) is 5.75 Å². The molecule has 25 heavy (non-hydrogen) atoms. The van der Waals surface area contributed by atoms with Crippen molar-refractivity contribution < 1.29 is 17.9 Å². The van der Waals surface area contributed by atoms with Crippen LogP contribution in [0, 0.1) is 0 Å². The van der Waals surface area contributed by atoms with Gasteiger partial charge in [0.1, 0.15) is 5.75 Å².